The number of ether oxygens (including phenoxy) is 1. The number of esters is 1. The third-order valence-electron chi connectivity index (χ3n) is 4.78. The SMILES string of the molecule is CCCCCCCCCCCCCCCC(=O)N[C@@H]1CCOC1=O. The van der Waals surface area contributed by atoms with Crippen molar-refractivity contribution in [2.45, 2.75) is 109 Å². The summed E-state index contributed by atoms with van der Waals surface area (Å²) >= 11 is 0. The highest BCUT2D eigenvalue weighted by Crippen LogP contribution is 2.13. The minimum atomic E-state index is -0.403. The summed E-state index contributed by atoms with van der Waals surface area (Å²) in [4.78, 5) is 23.0. The van der Waals surface area contributed by atoms with Crippen LogP contribution in [0.2, 0.25) is 0 Å². The van der Waals surface area contributed by atoms with E-state index in [0.29, 0.717) is 19.4 Å². The Morgan fingerprint density at radius 3 is 1.88 bits per heavy atom. The molecule has 1 amide bonds. The highest BCUT2D eigenvalue weighted by atomic mass is 16.5. The normalized spacial score (nSPS) is 17.0. The number of hydrogen-bond donors (Lipinski definition) is 1. The predicted molar refractivity (Wildman–Crippen MR) is 97.8 cm³/mol. The molecule has 0 aromatic heterocycles. The molecule has 24 heavy (non-hydrogen) atoms. The summed E-state index contributed by atoms with van der Waals surface area (Å²) < 4.78 is 4.83. The molecule has 1 N–H and O–H groups in total. The van der Waals surface area contributed by atoms with E-state index in [9.17, 15) is 9.59 Å². The molecule has 140 valence electrons. The molecule has 0 saturated carbocycles. The van der Waals surface area contributed by atoms with Crippen molar-refractivity contribution in [1.82, 2.24) is 5.32 Å². The molecule has 0 bridgehead atoms. The summed E-state index contributed by atoms with van der Waals surface area (Å²) in [6.45, 7) is 2.69. The van der Waals surface area contributed by atoms with Crippen LogP contribution in [0.3, 0.4) is 0 Å². The lowest BCUT2D eigenvalue weighted by molar-refractivity contribution is -0.141. The first-order chi connectivity index (χ1) is 11.7. The van der Waals surface area contributed by atoms with Gasteiger partial charge >= 0.3 is 5.97 Å². The predicted octanol–water partition coefficient (Wildman–Crippen LogP) is 4.90. The van der Waals surface area contributed by atoms with Gasteiger partial charge in [-0.25, -0.2) is 4.79 Å². The fourth-order valence-corrected chi connectivity index (χ4v) is 3.20. The first-order valence-electron chi connectivity index (χ1n) is 10.2. The van der Waals surface area contributed by atoms with E-state index in [0.717, 1.165) is 12.8 Å². The minimum Gasteiger partial charge on any atom is -0.464 e. The van der Waals surface area contributed by atoms with Gasteiger partial charge in [0.15, 0.2) is 0 Å². The highest BCUT2D eigenvalue weighted by molar-refractivity contribution is 5.85. The fraction of sp³-hybridized carbons (Fsp3) is 0.900. The molecule has 0 aliphatic carbocycles. The quantitative estimate of drug-likeness (QED) is 0.341. The summed E-state index contributed by atoms with van der Waals surface area (Å²) in [5.74, 6) is -0.296. The maximum atomic E-state index is 11.7. The maximum absolute atomic E-state index is 11.7. The Bertz CT molecular complexity index is 344. The zero-order valence-electron chi connectivity index (χ0n) is 15.6. The Labute approximate surface area is 148 Å². The lowest BCUT2D eigenvalue weighted by Crippen LogP contribution is -2.37. The first kappa shape index (κ1) is 21.0. The van der Waals surface area contributed by atoms with E-state index in [1.165, 1.54) is 70.6 Å². The van der Waals surface area contributed by atoms with Crippen LogP contribution in [-0.2, 0) is 14.3 Å². The van der Waals surface area contributed by atoms with E-state index < -0.39 is 6.04 Å². The van der Waals surface area contributed by atoms with Gasteiger partial charge in [0, 0.05) is 12.8 Å². The third kappa shape index (κ3) is 10.7. The van der Waals surface area contributed by atoms with Crippen LogP contribution in [0.1, 0.15) is 103 Å². The van der Waals surface area contributed by atoms with Gasteiger partial charge in [-0.2, -0.15) is 0 Å². The molecule has 4 heteroatoms. The number of amides is 1. The second kappa shape index (κ2) is 14.3. The summed E-state index contributed by atoms with van der Waals surface area (Å²) in [6.07, 6.45) is 18.1. The molecule has 0 unspecified atom stereocenters. The van der Waals surface area contributed by atoms with Crippen LogP contribution < -0.4 is 5.32 Å². The van der Waals surface area contributed by atoms with Gasteiger partial charge in [0.2, 0.25) is 5.91 Å². The van der Waals surface area contributed by atoms with Crippen molar-refractivity contribution in [2.24, 2.45) is 0 Å². The number of unbranched alkanes of at least 4 members (excludes halogenated alkanes) is 12. The van der Waals surface area contributed by atoms with Crippen molar-refractivity contribution in [2.75, 3.05) is 6.61 Å². The van der Waals surface area contributed by atoms with Gasteiger partial charge in [0.05, 0.1) is 6.61 Å². The van der Waals surface area contributed by atoms with Crippen LogP contribution in [0.5, 0.6) is 0 Å². The van der Waals surface area contributed by atoms with Gasteiger partial charge in [0.1, 0.15) is 6.04 Å². The Balaban J connectivity index is 1.78. The Morgan fingerprint density at radius 1 is 0.917 bits per heavy atom. The van der Waals surface area contributed by atoms with Gasteiger partial charge in [0.25, 0.3) is 0 Å². The van der Waals surface area contributed by atoms with E-state index in [4.69, 9.17) is 4.74 Å². The van der Waals surface area contributed by atoms with Crippen molar-refractivity contribution in [3.63, 3.8) is 0 Å². The number of cyclic esters (lactones) is 1. The molecule has 0 spiro atoms. The summed E-state index contributed by atoms with van der Waals surface area (Å²) in [7, 11) is 0. The van der Waals surface area contributed by atoms with Gasteiger partial charge in [-0.1, -0.05) is 84.0 Å². The minimum absolute atomic E-state index is 0.0121. The number of hydrogen-bond acceptors (Lipinski definition) is 3. The zero-order chi connectivity index (χ0) is 17.5. The summed E-state index contributed by atoms with van der Waals surface area (Å²) in [5.41, 5.74) is 0. The van der Waals surface area contributed by atoms with E-state index in [1.54, 1.807) is 0 Å². The molecule has 4 nitrogen and oxygen atoms in total. The van der Waals surface area contributed by atoms with Crippen molar-refractivity contribution in [3.8, 4) is 0 Å². The van der Waals surface area contributed by atoms with E-state index >= 15 is 0 Å². The molecule has 1 saturated heterocycles. The average Bonchev–Trinajstić information content (AvgIpc) is 2.97. The second-order valence-corrected chi connectivity index (χ2v) is 7.07. The van der Waals surface area contributed by atoms with Crippen LogP contribution in [0.15, 0.2) is 0 Å². The fourth-order valence-electron chi connectivity index (χ4n) is 3.20. The van der Waals surface area contributed by atoms with Crippen LogP contribution in [0.25, 0.3) is 0 Å². The third-order valence-corrected chi connectivity index (χ3v) is 4.78. The molecule has 0 aromatic carbocycles. The van der Waals surface area contributed by atoms with E-state index in [1.807, 2.05) is 0 Å². The Kier molecular flexibility index (Phi) is 12.5. The van der Waals surface area contributed by atoms with Gasteiger partial charge in [-0.05, 0) is 6.42 Å². The second-order valence-electron chi connectivity index (χ2n) is 7.07. The number of rotatable bonds is 15. The monoisotopic (exact) mass is 339 g/mol. The van der Waals surface area contributed by atoms with Crippen molar-refractivity contribution < 1.29 is 14.3 Å². The van der Waals surface area contributed by atoms with Crippen molar-refractivity contribution >= 4 is 11.9 Å². The largest absolute Gasteiger partial charge is 0.464 e. The van der Waals surface area contributed by atoms with Crippen LogP contribution >= 0.6 is 0 Å². The molecule has 1 heterocycles. The molecule has 0 aromatic rings. The average molecular weight is 340 g/mol. The lowest BCUT2D eigenvalue weighted by atomic mass is 10.0. The summed E-state index contributed by atoms with van der Waals surface area (Å²) in [6, 6.07) is -0.403. The van der Waals surface area contributed by atoms with Gasteiger partial charge < -0.3 is 10.1 Å². The van der Waals surface area contributed by atoms with E-state index in [-0.39, 0.29) is 11.9 Å². The van der Waals surface area contributed by atoms with Gasteiger partial charge in [-0.3, -0.25) is 4.79 Å². The summed E-state index contributed by atoms with van der Waals surface area (Å²) in [5, 5.41) is 2.76. The standard InChI is InChI=1S/C20H37NO3/c1-2-3-4-5-6-7-8-9-10-11-12-13-14-15-19(22)21-18-16-17-24-20(18)23/h18H,2-17H2,1H3,(H,21,22)/t18-/m1/s1. The Hall–Kier alpha value is -1.06. The van der Waals surface area contributed by atoms with Crippen molar-refractivity contribution in [1.29, 1.82) is 0 Å². The maximum Gasteiger partial charge on any atom is 0.328 e. The molecule has 1 atom stereocenters. The highest BCUT2D eigenvalue weighted by Gasteiger charge is 2.27. The zero-order valence-corrected chi connectivity index (χ0v) is 15.6. The van der Waals surface area contributed by atoms with Crippen LogP contribution in [-0.4, -0.2) is 24.5 Å². The van der Waals surface area contributed by atoms with E-state index in [2.05, 4.69) is 12.2 Å². The number of carbonyl (C=O) groups excluding carboxylic acids is 2. The van der Waals surface area contributed by atoms with Crippen molar-refractivity contribution in [3.05, 3.63) is 0 Å². The molecule has 1 aliphatic heterocycles. The molecule has 1 aliphatic rings. The first-order valence-corrected chi connectivity index (χ1v) is 10.2. The molecular formula is C20H37NO3. The molecule has 1 rings (SSSR count). The van der Waals surface area contributed by atoms with Gasteiger partial charge in [-0.15, -0.1) is 0 Å². The molecule has 0 radical (unpaired) electrons. The topological polar surface area (TPSA) is 55.4 Å². The van der Waals surface area contributed by atoms with Crippen LogP contribution in [0.4, 0.5) is 0 Å². The lowest BCUT2D eigenvalue weighted by Gasteiger charge is -2.08. The molecular weight excluding hydrogens is 302 g/mol. The number of carbonyl (C=O) groups is 2. The Morgan fingerprint density at radius 2 is 1.42 bits per heavy atom. The number of nitrogens with one attached hydrogen (secondary N) is 1. The van der Waals surface area contributed by atoms with Crippen LogP contribution in [0, 0.1) is 0 Å². The smallest absolute Gasteiger partial charge is 0.328 e. The molecule has 1 fully saturated rings.